The van der Waals surface area contributed by atoms with Crippen LogP contribution < -0.4 is 4.72 Å². The fourth-order valence-electron chi connectivity index (χ4n) is 3.03. The summed E-state index contributed by atoms with van der Waals surface area (Å²) in [5, 5.41) is 4.63. The number of rotatable bonds is 7. The monoisotopic (exact) mass is 404 g/mol. The Morgan fingerprint density at radius 2 is 1.78 bits per heavy atom. The topological polar surface area (TPSA) is 72.2 Å². The van der Waals surface area contributed by atoms with Gasteiger partial charge in [-0.15, -0.1) is 0 Å². The highest BCUT2D eigenvalue weighted by atomic mass is 35.5. The quantitative estimate of drug-likeness (QED) is 0.631. The van der Waals surface area contributed by atoms with Crippen molar-refractivity contribution in [1.29, 1.82) is 0 Å². The molecule has 0 saturated heterocycles. The standard InChI is InChI=1S/C20H21ClN2O3S/c1-3-18-14(2)26-22-20(18)19(13-15-7-5-4-6-8-15)23-27(24,25)17-11-9-16(21)10-12-17/h4-12,19,23H,3,13H2,1-2H3. The van der Waals surface area contributed by atoms with Gasteiger partial charge in [0.1, 0.15) is 11.5 Å². The van der Waals surface area contributed by atoms with Crippen LogP contribution in [-0.2, 0) is 22.9 Å². The van der Waals surface area contributed by atoms with E-state index in [0.29, 0.717) is 29.3 Å². The second-order valence-electron chi connectivity index (χ2n) is 6.27. The lowest BCUT2D eigenvalue weighted by Crippen LogP contribution is -2.31. The molecule has 7 heteroatoms. The molecule has 3 rings (SSSR count). The highest BCUT2D eigenvalue weighted by molar-refractivity contribution is 7.89. The van der Waals surface area contributed by atoms with Crippen LogP contribution in [0.2, 0.25) is 5.02 Å². The average molecular weight is 405 g/mol. The molecule has 1 heterocycles. The van der Waals surface area contributed by atoms with Crippen molar-refractivity contribution in [2.75, 3.05) is 0 Å². The minimum absolute atomic E-state index is 0.156. The highest BCUT2D eigenvalue weighted by Gasteiger charge is 2.27. The summed E-state index contributed by atoms with van der Waals surface area (Å²) >= 11 is 5.88. The van der Waals surface area contributed by atoms with Crippen LogP contribution in [0.4, 0.5) is 0 Å². The van der Waals surface area contributed by atoms with E-state index in [-0.39, 0.29) is 4.90 Å². The van der Waals surface area contributed by atoms with Crippen LogP contribution in [0.25, 0.3) is 0 Å². The number of hydrogen-bond acceptors (Lipinski definition) is 4. The first-order valence-corrected chi connectivity index (χ1v) is 10.5. The molecule has 0 spiro atoms. The van der Waals surface area contributed by atoms with E-state index >= 15 is 0 Å². The van der Waals surface area contributed by atoms with E-state index in [1.165, 1.54) is 12.1 Å². The first kappa shape index (κ1) is 19.6. The van der Waals surface area contributed by atoms with E-state index in [1.807, 2.05) is 44.2 Å². The van der Waals surface area contributed by atoms with Crippen LogP contribution in [0.15, 0.2) is 64.0 Å². The number of hydrogen-bond donors (Lipinski definition) is 1. The van der Waals surface area contributed by atoms with Gasteiger partial charge in [0.2, 0.25) is 10.0 Å². The van der Waals surface area contributed by atoms with Gasteiger partial charge in [-0.25, -0.2) is 13.1 Å². The molecule has 1 atom stereocenters. The summed E-state index contributed by atoms with van der Waals surface area (Å²) in [5.41, 5.74) is 2.55. The second-order valence-corrected chi connectivity index (χ2v) is 8.42. The third-order valence-corrected chi connectivity index (χ3v) is 6.14. The van der Waals surface area contributed by atoms with Gasteiger partial charge in [0.25, 0.3) is 0 Å². The predicted octanol–water partition coefficient (Wildman–Crippen LogP) is 4.46. The molecule has 0 fully saturated rings. The zero-order valence-electron chi connectivity index (χ0n) is 15.1. The number of aryl methyl sites for hydroxylation is 1. The molecule has 0 aliphatic rings. The maximum absolute atomic E-state index is 12.9. The molecule has 0 radical (unpaired) electrons. The maximum atomic E-state index is 12.9. The molecule has 3 aromatic rings. The molecule has 0 amide bonds. The lowest BCUT2D eigenvalue weighted by molar-refractivity contribution is 0.382. The summed E-state index contributed by atoms with van der Waals surface area (Å²) in [6.45, 7) is 3.83. The number of aromatic nitrogens is 1. The van der Waals surface area contributed by atoms with E-state index < -0.39 is 16.1 Å². The minimum Gasteiger partial charge on any atom is -0.361 e. The fraction of sp³-hybridized carbons (Fsp3) is 0.250. The van der Waals surface area contributed by atoms with E-state index in [1.54, 1.807) is 12.1 Å². The molecule has 1 unspecified atom stereocenters. The van der Waals surface area contributed by atoms with E-state index in [9.17, 15) is 8.42 Å². The Kier molecular flexibility index (Phi) is 5.99. The first-order valence-electron chi connectivity index (χ1n) is 8.67. The van der Waals surface area contributed by atoms with Crippen LogP contribution in [0.3, 0.4) is 0 Å². The fourth-order valence-corrected chi connectivity index (χ4v) is 4.35. The largest absolute Gasteiger partial charge is 0.361 e. The molecule has 0 bridgehead atoms. The van der Waals surface area contributed by atoms with Crippen molar-refractivity contribution >= 4 is 21.6 Å². The Labute approximate surface area is 164 Å². The summed E-state index contributed by atoms with van der Waals surface area (Å²) in [4.78, 5) is 0.156. The smallest absolute Gasteiger partial charge is 0.241 e. The lowest BCUT2D eigenvalue weighted by Gasteiger charge is -2.18. The Hall–Kier alpha value is -2.15. The van der Waals surface area contributed by atoms with E-state index in [2.05, 4.69) is 9.88 Å². The summed E-state index contributed by atoms with van der Waals surface area (Å²) < 4.78 is 33.9. The Morgan fingerprint density at radius 1 is 1.11 bits per heavy atom. The molecule has 1 N–H and O–H groups in total. The molecule has 2 aromatic carbocycles. The van der Waals surface area contributed by atoms with Gasteiger partial charge < -0.3 is 4.52 Å². The predicted molar refractivity (Wildman–Crippen MR) is 105 cm³/mol. The van der Waals surface area contributed by atoms with Crippen LogP contribution >= 0.6 is 11.6 Å². The molecule has 0 aliphatic carbocycles. The number of nitrogens with zero attached hydrogens (tertiary/aromatic N) is 1. The Bertz CT molecular complexity index is 999. The van der Waals surface area contributed by atoms with Crippen LogP contribution in [-0.4, -0.2) is 13.6 Å². The number of nitrogens with one attached hydrogen (secondary N) is 1. The van der Waals surface area contributed by atoms with Gasteiger partial charge in [-0.2, -0.15) is 0 Å². The van der Waals surface area contributed by atoms with Gasteiger partial charge in [-0.1, -0.05) is 54.0 Å². The van der Waals surface area contributed by atoms with Gasteiger partial charge in [0, 0.05) is 10.6 Å². The van der Waals surface area contributed by atoms with Crippen LogP contribution in [0.5, 0.6) is 0 Å². The molecule has 0 aliphatic heterocycles. The average Bonchev–Trinajstić information content (AvgIpc) is 3.03. The number of sulfonamides is 1. The molecule has 5 nitrogen and oxygen atoms in total. The summed E-state index contributed by atoms with van der Waals surface area (Å²) in [7, 11) is -3.75. The van der Waals surface area contributed by atoms with Crippen LogP contribution in [0, 0.1) is 6.92 Å². The third-order valence-electron chi connectivity index (χ3n) is 4.40. The van der Waals surface area contributed by atoms with Gasteiger partial charge >= 0.3 is 0 Å². The summed E-state index contributed by atoms with van der Waals surface area (Å²) in [6.07, 6.45) is 1.17. The van der Waals surface area contributed by atoms with Crippen molar-refractivity contribution in [2.45, 2.75) is 37.6 Å². The Morgan fingerprint density at radius 3 is 2.41 bits per heavy atom. The van der Waals surface area contributed by atoms with Crippen molar-refractivity contribution in [3.8, 4) is 0 Å². The lowest BCUT2D eigenvalue weighted by atomic mass is 9.99. The van der Waals surface area contributed by atoms with Crippen molar-refractivity contribution in [1.82, 2.24) is 9.88 Å². The molecular formula is C20H21ClN2O3S. The van der Waals surface area contributed by atoms with Crippen molar-refractivity contribution in [3.63, 3.8) is 0 Å². The van der Waals surface area contributed by atoms with Gasteiger partial charge in [0.05, 0.1) is 10.9 Å². The van der Waals surface area contributed by atoms with Crippen LogP contribution in [0.1, 0.15) is 35.5 Å². The van der Waals surface area contributed by atoms with Crippen molar-refractivity contribution in [3.05, 3.63) is 82.2 Å². The van der Waals surface area contributed by atoms with Gasteiger partial charge in [0.15, 0.2) is 0 Å². The summed E-state index contributed by atoms with van der Waals surface area (Å²) in [5.74, 6) is 0.705. The van der Waals surface area contributed by atoms with Gasteiger partial charge in [-0.05, 0) is 49.6 Å². The number of benzene rings is 2. The third kappa shape index (κ3) is 4.58. The van der Waals surface area contributed by atoms with E-state index in [0.717, 1.165) is 11.1 Å². The minimum atomic E-state index is -3.75. The van der Waals surface area contributed by atoms with Crippen molar-refractivity contribution < 1.29 is 12.9 Å². The van der Waals surface area contributed by atoms with E-state index in [4.69, 9.17) is 16.1 Å². The Balaban J connectivity index is 1.97. The zero-order chi connectivity index (χ0) is 19.4. The second kappa shape index (κ2) is 8.25. The van der Waals surface area contributed by atoms with Gasteiger partial charge in [-0.3, -0.25) is 0 Å². The molecule has 1 aromatic heterocycles. The zero-order valence-corrected chi connectivity index (χ0v) is 16.7. The SMILES string of the molecule is CCc1c(C(Cc2ccccc2)NS(=O)(=O)c2ccc(Cl)cc2)noc1C. The summed E-state index contributed by atoms with van der Waals surface area (Å²) in [6, 6.07) is 15.2. The maximum Gasteiger partial charge on any atom is 0.241 e. The molecule has 27 heavy (non-hydrogen) atoms. The highest BCUT2D eigenvalue weighted by Crippen LogP contribution is 2.26. The first-order chi connectivity index (χ1) is 12.9. The number of halogens is 1. The normalized spacial score (nSPS) is 12.9. The molecular weight excluding hydrogens is 384 g/mol. The molecule has 0 saturated carbocycles. The van der Waals surface area contributed by atoms with Crippen molar-refractivity contribution in [2.24, 2.45) is 0 Å². The molecule has 142 valence electrons.